The molecule has 1 fully saturated rings. The van der Waals surface area contributed by atoms with Gasteiger partial charge in [-0.05, 0) is 24.6 Å². The summed E-state index contributed by atoms with van der Waals surface area (Å²) in [7, 11) is 3.09. The van der Waals surface area contributed by atoms with E-state index in [1.54, 1.807) is 19.2 Å². The minimum absolute atomic E-state index is 0.0577. The van der Waals surface area contributed by atoms with Gasteiger partial charge in [-0.15, -0.1) is 0 Å². The maximum atomic E-state index is 11.4. The normalized spacial score (nSPS) is 23.8. The van der Waals surface area contributed by atoms with Crippen LogP contribution in [0.1, 0.15) is 30.6 Å². The highest BCUT2D eigenvalue weighted by molar-refractivity contribution is 5.91. The highest BCUT2D eigenvalue weighted by Gasteiger charge is 2.48. The number of anilines is 2. The molecule has 0 heterocycles. The molecule has 2 atom stereocenters. The number of benzene rings is 1. The third-order valence-corrected chi connectivity index (χ3v) is 4.26. The third-order valence-electron chi connectivity index (χ3n) is 4.26. The topological polar surface area (TPSA) is 73.6 Å². The second-order valence-corrected chi connectivity index (χ2v) is 5.77. The minimum Gasteiger partial charge on any atom is -0.465 e. The average Bonchev–Trinajstić information content (AvgIpc) is 2.43. The van der Waals surface area contributed by atoms with Crippen molar-refractivity contribution in [2.45, 2.75) is 32.4 Å². The molecule has 0 spiro atoms. The number of carbonyl (C=O) groups excluding carboxylic acids is 1. The number of nitrogens with one attached hydrogen (secondary N) is 1. The van der Waals surface area contributed by atoms with Gasteiger partial charge in [-0.2, -0.15) is 0 Å². The highest BCUT2D eigenvalue weighted by atomic mass is 16.5. The molecule has 20 heavy (non-hydrogen) atoms. The van der Waals surface area contributed by atoms with Crippen molar-refractivity contribution in [2.75, 3.05) is 25.3 Å². The van der Waals surface area contributed by atoms with Gasteiger partial charge in [-0.1, -0.05) is 13.8 Å². The number of carbonyl (C=O) groups is 1. The molecule has 5 heteroatoms. The van der Waals surface area contributed by atoms with Gasteiger partial charge in [0.15, 0.2) is 0 Å². The summed E-state index contributed by atoms with van der Waals surface area (Å²) in [6.45, 7) is 4.34. The second kappa shape index (κ2) is 5.32. The number of nitrogens with two attached hydrogens (primary N) is 1. The zero-order valence-electron chi connectivity index (χ0n) is 12.4. The fourth-order valence-electron chi connectivity index (χ4n) is 2.66. The summed E-state index contributed by atoms with van der Waals surface area (Å²) in [6.07, 6.45) is 1.21. The number of ether oxygens (including phenoxy) is 2. The molecule has 2 rings (SSSR count). The van der Waals surface area contributed by atoms with Crippen molar-refractivity contribution in [2.24, 2.45) is 5.41 Å². The smallest absolute Gasteiger partial charge is 0.337 e. The molecule has 0 saturated heterocycles. The molecular formula is C15H22N2O3. The molecule has 0 aromatic heterocycles. The molecule has 1 aromatic carbocycles. The maximum absolute atomic E-state index is 11.4. The van der Waals surface area contributed by atoms with E-state index in [1.807, 2.05) is 6.07 Å². The van der Waals surface area contributed by atoms with Gasteiger partial charge in [0.05, 0.1) is 30.2 Å². The van der Waals surface area contributed by atoms with Gasteiger partial charge in [-0.3, -0.25) is 0 Å². The second-order valence-electron chi connectivity index (χ2n) is 5.77. The van der Waals surface area contributed by atoms with Crippen LogP contribution in [0.4, 0.5) is 11.4 Å². The van der Waals surface area contributed by atoms with Gasteiger partial charge in [0, 0.05) is 18.6 Å². The fraction of sp³-hybridized carbons (Fsp3) is 0.533. The van der Waals surface area contributed by atoms with E-state index in [1.165, 1.54) is 7.11 Å². The molecule has 1 saturated carbocycles. The number of hydrogen-bond donors (Lipinski definition) is 2. The fourth-order valence-corrected chi connectivity index (χ4v) is 2.66. The van der Waals surface area contributed by atoms with Crippen molar-refractivity contribution in [3.63, 3.8) is 0 Å². The number of methoxy groups -OCH3 is 2. The molecule has 1 aromatic rings. The summed E-state index contributed by atoms with van der Waals surface area (Å²) in [5.74, 6) is -0.383. The van der Waals surface area contributed by atoms with E-state index in [9.17, 15) is 4.79 Å². The lowest BCUT2D eigenvalue weighted by Gasteiger charge is -2.51. The summed E-state index contributed by atoms with van der Waals surface area (Å²) in [4.78, 5) is 11.4. The van der Waals surface area contributed by atoms with E-state index in [-0.39, 0.29) is 17.5 Å². The van der Waals surface area contributed by atoms with Gasteiger partial charge in [0.2, 0.25) is 0 Å². The van der Waals surface area contributed by atoms with Crippen molar-refractivity contribution in [1.82, 2.24) is 0 Å². The Bertz CT molecular complexity index is 514. The van der Waals surface area contributed by atoms with E-state index < -0.39 is 0 Å². The van der Waals surface area contributed by atoms with Crippen LogP contribution < -0.4 is 11.1 Å². The standard InChI is InChI=1S/C15H22N2O3/c1-15(2)12(8-13(15)19-3)17-11-6-5-9(7-10(11)16)14(18)20-4/h5-7,12-13,17H,8,16H2,1-4H3. The molecule has 0 radical (unpaired) electrons. The van der Waals surface area contributed by atoms with E-state index in [0.29, 0.717) is 17.3 Å². The van der Waals surface area contributed by atoms with Crippen LogP contribution >= 0.6 is 0 Å². The van der Waals surface area contributed by atoms with Crippen molar-refractivity contribution in [1.29, 1.82) is 0 Å². The Morgan fingerprint density at radius 2 is 2.10 bits per heavy atom. The monoisotopic (exact) mass is 278 g/mol. The Hall–Kier alpha value is -1.75. The SMILES string of the molecule is COC(=O)c1ccc(NC2CC(OC)C2(C)C)c(N)c1. The summed E-state index contributed by atoms with van der Waals surface area (Å²) in [5.41, 5.74) is 7.89. The highest BCUT2D eigenvalue weighted by Crippen LogP contribution is 2.44. The van der Waals surface area contributed by atoms with E-state index >= 15 is 0 Å². The lowest BCUT2D eigenvalue weighted by molar-refractivity contribution is -0.0794. The van der Waals surface area contributed by atoms with Crippen molar-refractivity contribution in [3.8, 4) is 0 Å². The molecule has 5 nitrogen and oxygen atoms in total. The van der Waals surface area contributed by atoms with Crippen LogP contribution in [-0.4, -0.2) is 32.3 Å². The molecule has 110 valence electrons. The molecule has 0 amide bonds. The van der Waals surface area contributed by atoms with Crippen molar-refractivity contribution >= 4 is 17.3 Å². The largest absolute Gasteiger partial charge is 0.465 e. The molecule has 3 N–H and O–H groups in total. The van der Waals surface area contributed by atoms with E-state index in [4.69, 9.17) is 10.5 Å². The summed E-state index contributed by atoms with van der Waals surface area (Å²) >= 11 is 0. The van der Waals surface area contributed by atoms with Crippen LogP contribution in [0.3, 0.4) is 0 Å². The molecule has 1 aliphatic carbocycles. The maximum Gasteiger partial charge on any atom is 0.337 e. The van der Waals surface area contributed by atoms with Gasteiger partial charge in [0.25, 0.3) is 0 Å². The quantitative estimate of drug-likeness (QED) is 0.653. The Morgan fingerprint density at radius 1 is 1.40 bits per heavy atom. The number of nitrogen functional groups attached to an aromatic ring is 1. The zero-order chi connectivity index (χ0) is 14.9. The Morgan fingerprint density at radius 3 is 2.60 bits per heavy atom. The predicted octanol–water partition coefficient (Wildman–Crippen LogP) is 2.28. The summed E-state index contributed by atoms with van der Waals surface area (Å²) in [5, 5.41) is 3.43. The van der Waals surface area contributed by atoms with Crippen LogP contribution in [0.25, 0.3) is 0 Å². The van der Waals surface area contributed by atoms with Crippen LogP contribution in [0.15, 0.2) is 18.2 Å². The number of rotatable bonds is 4. The van der Waals surface area contributed by atoms with Crippen molar-refractivity contribution in [3.05, 3.63) is 23.8 Å². The number of hydrogen-bond acceptors (Lipinski definition) is 5. The Kier molecular flexibility index (Phi) is 3.90. The van der Waals surface area contributed by atoms with Crippen LogP contribution in [0, 0.1) is 5.41 Å². The first-order valence-electron chi connectivity index (χ1n) is 6.67. The summed E-state index contributed by atoms with van der Waals surface area (Å²) in [6, 6.07) is 5.47. The lowest BCUT2D eigenvalue weighted by Crippen LogP contribution is -2.57. The van der Waals surface area contributed by atoms with Crippen LogP contribution in [-0.2, 0) is 9.47 Å². The Labute approximate surface area is 119 Å². The molecule has 0 bridgehead atoms. The first-order valence-corrected chi connectivity index (χ1v) is 6.67. The third kappa shape index (κ3) is 2.45. The molecule has 2 unspecified atom stereocenters. The van der Waals surface area contributed by atoms with Gasteiger partial charge in [0.1, 0.15) is 0 Å². The lowest BCUT2D eigenvalue weighted by atomic mass is 9.64. The predicted molar refractivity (Wildman–Crippen MR) is 78.8 cm³/mol. The van der Waals surface area contributed by atoms with Crippen LogP contribution in [0.5, 0.6) is 0 Å². The molecule has 0 aliphatic heterocycles. The van der Waals surface area contributed by atoms with Crippen LogP contribution in [0.2, 0.25) is 0 Å². The first kappa shape index (κ1) is 14.7. The summed E-state index contributed by atoms with van der Waals surface area (Å²) < 4.78 is 10.1. The Balaban J connectivity index is 2.10. The molecule has 1 aliphatic rings. The number of esters is 1. The van der Waals surface area contributed by atoms with E-state index in [0.717, 1.165) is 12.1 Å². The zero-order valence-corrected chi connectivity index (χ0v) is 12.4. The van der Waals surface area contributed by atoms with Crippen molar-refractivity contribution < 1.29 is 14.3 Å². The first-order chi connectivity index (χ1) is 9.40. The van der Waals surface area contributed by atoms with Gasteiger partial charge in [-0.25, -0.2) is 4.79 Å². The van der Waals surface area contributed by atoms with E-state index in [2.05, 4.69) is 23.9 Å². The minimum atomic E-state index is -0.383. The molecular weight excluding hydrogens is 256 g/mol. The van der Waals surface area contributed by atoms with Gasteiger partial charge >= 0.3 is 5.97 Å². The van der Waals surface area contributed by atoms with Gasteiger partial charge < -0.3 is 20.5 Å². The average molecular weight is 278 g/mol.